The summed E-state index contributed by atoms with van der Waals surface area (Å²) < 4.78 is 70.0. The second-order valence-electron chi connectivity index (χ2n) is 17.1. The minimum absolute atomic E-state index is 0.612. The molecule has 0 unspecified atom stereocenters. The number of nitrogens with zero attached hydrogens (tertiary/aromatic N) is 1. The quantitative estimate of drug-likeness (QED) is 0.0927. The number of fused-ring (bicyclic) bond motifs is 8. The van der Waals surface area contributed by atoms with Crippen LogP contribution in [0.4, 0.5) is 18.9 Å². The molecule has 0 radical (unpaired) electrons. The van der Waals surface area contributed by atoms with Crippen molar-refractivity contribution in [3.05, 3.63) is 118 Å². The Bertz CT molecular complexity index is 2300. The third-order valence-electron chi connectivity index (χ3n) is 13.1. The van der Waals surface area contributed by atoms with Crippen molar-refractivity contribution in [2.45, 2.75) is 116 Å². The minimum atomic E-state index is -4.47. The lowest BCUT2D eigenvalue weighted by molar-refractivity contribution is -0.137. The molecule has 0 spiro atoms. The summed E-state index contributed by atoms with van der Waals surface area (Å²) in [6.07, 6.45) is 10.3. The summed E-state index contributed by atoms with van der Waals surface area (Å²) in [7, 11) is 1.72. The van der Waals surface area contributed by atoms with Gasteiger partial charge in [0, 0.05) is 40.6 Å². The lowest BCUT2D eigenvalue weighted by Crippen LogP contribution is -2.35. The number of ether oxygens (including phenoxy) is 4. The fourth-order valence-electron chi connectivity index (χ4n) is 10.2. The minimum Gasteiger partial charge on any atom is -0.495 e. The maximum absolute atomic E-state index is 14.6. The molecule has 0 atom stereocenters. The van der Waals surface area contributed by atoms with Crippen molar-refractivity contribution < 1.29 is 32.1 Å². The average molecular weight is 832 g/mol. The zero-order chi connectivity index (χ0) is 42.8. The van der Waals surface area contributed by atoms with E-state index in [9.17, 15) is 13.2 Å². The van der Waals surface area contributed by atoms with E-state index >= 15 is 0 Å². The van der Waals surface area contributed by atoms with E-state index < -0.39 is 22.8 Å². The normalized spacial score (nSPS) is 16.2. The van der Waals surface area contributed by atoms with E-state index in [4.69, 9.17) is 18.9 Å². The predicted octanol–water partition coefficient (Wildman–Crippen LogP) is 14.4. The molecule has 8 rings (SSSR count). The van der Waals surface area contributed by atoms with Crippen molar-refractivity contribution in [3.63, 3.8) is 0 Å². The van der Waals surface area contributed by atoms with E-state index in [2.05, 4.69) is 81.1 Å². The third kappa shape index (κ3) is 7.74. The van der Waals surface area contributed by atoms with Gasteiger partial charge in [0.25, 0.3) is 0 Å². The van der Waals surface area contributed by atoms with Crippen molar-refractivity contribution in [3.8, 4) is 34.1 Å². The molecule has 0 N–H and O–H groups in total. The van der Waals surface area contributed by atoms with E-state index in [0.717, 1.165) is 137 Å². The Morgan fingerprint density at radius 1 is 0.705 bits per heavy atom. The van der Waals surface area contributed by atoms with Crippen LogP contribution in [0.1, 0.15) is 132 Å². The standard InChI is InChI=1S/C53H60F3NO4/c1-6-10-31-59-39-20-15-36(16-21-39)52(37-17-22-40(23-18-37)60-32-11-7-2)28-25-42-49-48(41-24-19-38(53(54,55)56)33-45(41)51(49,26-8-3)27-9-4)43-34-46(57-29-13-12-14-30-57)47(58-5)35-44(43)50(42)61-52/h15-25,28,33-35H,6-14,26-27,29-32H2,1-5H3. The number of hydrogen-bond donors (Lipinski definition) is 0. The summed E-state index contributed by atoms with van der Waals surface area (Å²) in [6, 6.07) is 25.2. The molecule has 5 nitrogen and oxygen atoms in total. The van der Waals surface area contributed by atoms with Crippen LogP contribution in [-0.2, 0) is 17.2 Å². The molecule has 0 aromatic heterocycles. The number of methoxy groups -OCH3 is 1. The molecule has 5 aromatic rings. The van der Waals surface area contributed by atoms with Gasteiger partial charge in [-0.05, 0) is 127 Å². The summed E-state index contributed by atoms with van der Waals surface area (Å²) in [6.45, 7) is 11.7. The van der Waals surface area contributed by atoms with Crippen molar-refractivity contribution in [2.75, 3.05) is 38.3 Å². The summed E-state index contributed by atoms with van der Waals surface area (Å²) in [5.41, 5.74) is 5.12. The molecule has 2 heterocycles. The van der Waals surface area contributed by atoms with Gasteiger partial charge in [0.1, 0.15) is 23.0 Å². The van der Waals surface area contributed by atoms with Gasteiger partial charge in [-0.25, -0.2) is 0 Å². The maximum Gasteiger partial charge on any atom is 0.416 e. The summed E-state index contributed by atoms with van der Waals surface area (Å²) in [5, 5.41) is 1.84. The molecule has 1 saturated heterocycles. The average Bonchev–Trinajstić information content (AvgIpc) is 3.55. The molecular weight excluding hydrogens is 772 g/mol. The van der Waals surface area contributed by atoms with Crippen LogP contribution in [0.3, 0.4) is 0 Å². The molecule has 1 aliphatic carbocycles. The number of halogens is 3. The van der Waals surface area contributed by atoms with Gasteiger partial charge in [0.2, 0.25) is 0 Å². The van der Waals surface area contributed by atoms with Crippen LogP contribution >= 0.6 is 0 Å². The molecule has 8 heteroatoms. The van der Waals surface area contributed by atoms with Crippen LogP contribution in [0.15, 0.2) is 84.9 Å². The van der Waals surface area contributed by atoms with Crippen molar-refractivity contribution >= 4 is 22.5 Å². The van der Waals surface area contributed by atoms with Crippen molar-refractivity contribution in [2.24, 2.45) is 0 Å². The van der Waals surface area contributed by atoms with E-state index in [1.807, 2.05) is 24.3 Å². The van der Waals surface area contributed by atoms with Crippen molar-refractivity contribution in [1.82, 2.24) is 0 Å². The van der Waals surface area contributed by atoms with Gasteiger partial charge in [-0.3, -0.25) is 0 Å². The zero-order valence-electron chi connectivity index (χ0n) is 36.5. The Morgan fingerprint density at radius 3 is 1.85 bits per heavy atom. The van der Waals surface area contributed by atoms with Crippen LogP contribution in [-0.4, -0.2) is 33.4 Å². The number of anilines is 1. The van der Waals surface area contributed by atoms with Gasteiger partial charge in [0.05, 0.1) is 31.6 Å². The van der Waals surface area contributed by atoms with E-state index in [-0.39, 0.29) is 0 Å². The summed E-state index contributed by atoms with van der Waals surface area (Å²) in [4.78, 5) is 2.40. The molecule has 5 aromatic carbocycles. The Labute approximate surface area is 359 Å². The van der Waals surface area contributed by atoms with Crippen LogP contribution in [0.25, 0.3) is 28.0 Å². The Balaban J connectivity index is 1.41. The largest absolute Gasteiger partial charge is 0.495 e. The van der Waals surface area contributed by atoms with Crippen molar-refractivity contribution in [1.29, 1.82) is 0 Å². The fourth-order valence-corrected chi connectivity index (χ4v) is 10.2. The lowest BCUT2D eigenvalue weighted by atomic mass is 9.69. The monoisotopic (exact) mass is 831 g/mol. The van der Waals surface area contributed by atoms with Gasteiger partial charge in [-0.2, -0.15) is 13.2 Å². The van der Waals surface area contributed by atoms with Crippen LogP contribution in [0, 0.1) is 0 Å². The number of hydrogen-bond acceptors (Lipinski definition) is 5. The predicted molar refractivity (Wildman–Crippen MR) is 242 cm³/mol. The third-order valence-corrected chi connectivity index (χ3v) is 13.1. The number of unbranched alkanes of at least 4 members (excludes halogenated alkanes) is 2. The SMILES string of the molecule is CCCCOc1ccc(C2(c3ccc(OCCCC)cc3)C=Cc3c4c(c5cc(N6CCCCC6)c(OC)cc5c3O2)-c2ccc(C(F)(F)F)cc2C4(CCC)CCC)cc1. The Morgan fingerprint density at radius 2 is 1.31 bits per heavy atom. The first-order chi connectivity index (χ1) is 29.6. The van der Waals surface area contributed by atoms with Gasteiger partial charge in [0.15, 0.2) is 5.60 Å². The van der Waals surface area contributed by atoms with Gasteiger partial charge < -0.3 is 23.8 Å². The highest BCUT2D eigenvalue weighted by Crippen LogP contribution is 2.62. The highest BCUT2D eigenvalue weighted by Gasteiger charge is 2.49. The highest BCUT2D eigenvalue weighted by atomic mass is 19.4. The van der Waals surface area contributed by atoms with E-state index in [1.54, 1.807) is 13.2 Å². The lowest BCUT2D eigenvalue weighted by Gasteiger charge is -2.40. The number of alkyl halides is 3. The van der Waals surface area contributed by atoms with Gasteiger partial charge >= 0.3 is 6.18 Å². The maximum atomic E-state index is 14.6. The fraction of sp³-hybridized carbons (Fsp3) is 0.434. The first-order valence-corrected chi connectivity index (χ1v) is 22.7. The van der Waals surface area contributed by atoms with Crippen LogP contribution in [0.5, 0.6) is 23.0 Å². The van der Waals surface area contributed by atoms with Crippen LogP contribution in [0.2, 0.25) is 0 Å². The molecule has 0 saturated carbocycles. The molecule has 0 amide bonds. The summed E-state index contributed by atoms with van der Waals surface area (Å²) in [5.74, 6) is 3.05. The van der Waals surface area contributed by atoms with E-state index in [1.165, 1.54) is 18.6 Å². The highest BCUT2D eigenvalue weighted by molar-refractivity contribution is 6.10. The first-order valence-electron chi connectivity index (χ1n) is 22.7. The van der Waals surface area contributed by atoms with Crippen LogP contribution < -0.4 is 23.8 Å². The molecule has 0 bridgehead atoms. The second kappa shape index (κ2) is 17.7. The smallest absolute Gasteiger partial charge is 0.416 e. The molecule has 3 aliphatic rings. The number of piperidine rings is 1. The topological polar surface area (TPSA) is 40.2 Å². The molecule has 61 heavy (non-hydrogen) atoms. The molecular formula is C53H60F3NO4. The Hall–Kier alpha value is -5.11. The van der Waals surface area contributed by atoms with Gasteiger partial charge in [-0.15, -0.1) is 0 Å². The van der Waals surface area contributed by atoms with Gasteiger partial charge in [-0.1, -0.05) is 89.8 Å². The van der Waals surface area contributed by atoms with E-state index in [0.29, 0.717) is 31.8 Å². The second-order valence-corrected chi connectivity index (χ2v) is 17.1. The molecule has 2 aliphatic heterocycles. The number of benzene rings is 5. The molecule has 1 fully saturated rings. The number of rotatable bonds is 16. The summed E-state index contributed by atoms with van der Waals surface area (Å²) >= 11 is 0. The Kier molecular flexibility index (Phi) is 12.4. The zero-order valence-corrected chi connectivity index (χ0v) is 36.5. The first kappa shape index (κ1) is 42.6. The molecule has 322 valence electrons.